The smallest absolute Gasteiger partial charge is 0.259 e. The third kappa shape index (κ3) is 2.68. The Labute approximate surface area is 111 Å². The van der Waals surface area contributed by atoms with E-state index in [4.69, 9.17) is 5.26 Å². The van der Waals surface area contributed by atoms with Crippen molar-refractivity contribution >= 4 is 5.91 Å². The van der Waals surface area contributed by atoms with Gasteiger partial charge in [0.15, 0.2) is 5.43 Å². The van der Waals surface area contributed by atoms with Crippen molar-refractivity contribution in [3.8, 4) is 6.07 Å². The third-order valence-electron chi connectivity index (χ3n) is 3.71. The standard InChI is InChI=1S/C14H17N3O2/c1-10-7-12(18)11(8-16-10)13(19)17-5-3-14(2,9-15)4-6-17/h7-8H,3-6H2,1-2H3,(H,16,18). The largest absolute Gasteiger partial charge is 0.364 e. The van der Waals surface area contributed by atoms with Gasteiger partial charge >= 0.3 is 0 Å². The number of nitrogens with zero attached hydrogens (tertiary/aromatic N) is 2. The number of amides is 1. The molecule has 0 unspecified atom stereocenters. The topological polar surface area (TPSA) is 77.0 Å². The zero-order valence-corrected chi connectivity index (χ0v) is 11.2. The lowest BCUT2D eigenvalue weighted by Gasteiger charge is -2.34. The van der Waals surface area contributed by atoms with E-state index in [-0.39, 0.29) is 22.3 Å². The average Bonchev–Trinajstić information content (AvgIpc) is 2.39. The summed E-state index contributed by atoms with van der Waals surface area (Å²) in [4.78, 5) is 28.6. The fraction of sp³-hybridized carbons (Fsp3) is 0.500. The van der Waals surface area contributed by atoms with Crippen molar-refractivity contribution in [1.82, 2.24) is 9.88 Å². The minimum Gasteiger partial charge on any atom is -0.364 e. The number of carbonyl (C=O) groups excluding carboxylic acids is 1. The van der Waals surface area contributed by atoms with Gasteiger partial charge in [-0.1, -0.05) is 0 Å². The van der Waals surface area contributed by atoms with E-state index >= 15 is 0 Å². The summed E-state index contributed by atoms with van der Waals surface area (Å²) in [5.74, 6) is -0.249. The van der Waals surface area contributed by atoms with Crippen LogP contribution in [0.3, 0.4) is 0 Å². The Morgan fingerprint density at radius 2 is 2.11 bits per heavy atom. The number of nitrogens with one attached hydrogen (secondary N) is 1. The van der Waals surface area contributed by atoms with E-state index in [0.29, 0.717) is 25.9 Å². The van der Waals surface area contributed by atoms with Crippen molar-refractivity contribution < 1.29 is 4.79 Å². The van der Waals surface area contributed by atoms with E-state index in [2.05, 4.69) is 11.1 Å². The van der Waals surface area contributed by atoms with Gasteiger partial charge in [0.2, 0.25) is 0 Å². The molecule has 1 aromatic rings. The quantitative estimate of drug-likeness (QED) is 0.829. The molecule has 0 atom stereocenters. The summed E-state index contributed by atoms with van der Waals surface area (Å²) >= 11 is 0. The molecule has 0 aromatic carbocycles. The van der Waals surface area contributed by atoms with Crippen LogP contribution in [0.4, 0.5) is 0 Å². The van der Waals surface area contributed by atoms with Crippen LogP contribution in [0.2, 0.25) is 0 Å². The van der Waals surface area contributed by atoms with E-state index in [9.17, 15) is 9.59 Å². The van der Waals surface area contributed by atoms with Gasteiger partial charge in [0, 0.05) is 31.0 Å². The van der Waals surface area contributed by atoms with Crippen LogP contribution in [0.15, 0.2) is 17.1 Å². The molecule has 5 heteroatoms. The first-order valence-electron chi connectivity index (χ1n) is 6.35. The van der Waals surface area contributed by atoms with Gasteiger partial charge in [-0.3, -0.25) is 9.59 Å². The highest BCUT2D eigenvalue weighted by molar-refractivity contribution is 5.93. The number of H-pyrrole nitrogens is 1. The zero-order chi connectivity index (χ0) is 14.0. The third-order valence-corrected chi connectivity index (χ3v) is 3.71. The monoisotopic (exact) mass is 259 g/mol. The molecule has 0 spiro atoms. The predicted molar refractivity (Wildman–Crippen MR) is 70.7 cm³/mol. The van der Waals surface area contributed by atoms with Crippen molar-refractivity contribution in [2.75, 3.05) is 13.1 Å². The number of likely N-dealkylation sites (tertiary alicyclic amines) is 1. The molecule has 19 heavy (non-hydrogen) atoms. The van der Waals surface area contributed by atoms with Gasteiger partial charge in [-0.25, -0.2) is 0 Å². The molecular weight excluding hydrogens is 242 g/mol. The molecule has 5 nitrogen and oxygen atoms in total. The summed E-state index contributed by atoms with van der Waals surface area (Å²) in [6.07, 6.45) is 2.77. The van der Waals surface area contributed by atoms with Crippen LogP contribution in [0.5, 0.6) is 0 Å². The van der Waals surface area contributed by atoms with Crippen molar-refractivity contribution in [2.45, 2.75) is 26.7 Å². The van der Waals surface area contributed by atoms with Crippen LogP contribution in [-0.2, 0) is 0 Å². The summed E-state index contributed by atoms with van der Waals surface area (Å²) in [5.41, 5.74) is 0.300. The number of rotatable bonds is 1. The van der Waals surface area contributed by atoms with Crippen molar-refractivity contribution in [3.63, 3.8) is 0 Å². The van der Waals surface area contributed by atoms with Crippen molar-refractivity contribution in [2.24, 2.45) is 5.41 Å². The summed E-state index contributed by atoms with van der Waals surface area (Å²) in [6, 6.07) is 3.72. The molecule has 0 bridgehead atoms. The maximum Gasteiger partial charge on any atom is 0.259 e. The fourth-order valence-electron chi connectivity index (χ4n) is 2.23. The lowest BCUT2D eigenvalue weighted by Crippen LogP contribution is -2.43. The van der Waals surface area contributed by atoms with Crippen molar-refractivity contribution in [1.29, 1.82) is 5.26 Å². The molecule has 100 valence electrons. The molecule has 1 amide bonds. The summed E-state index contributed by atoms with van der Waals surface area (Å²) in [5, 5.41) is 9.06. The van der Waals surface area contributed by atoms with Gasteiger partial charge in [-0.15, -0.1) is 0 Å². The molecule has 1 aliphatic rings. The van der Waals surface area contributed by atoms with Crippen molar-refractivity contribution in [3.05, 3.63) is 33.7 Å². The van der Waals surface area contributed by atoms with Crippen LogP contribution in [-0.4, -0.2) is 28.9 Å². The maximum absolute atomic E-state index is 12.3. The number of piperidine rings is 1. The second-order valence-corrected chi connectivity index (χ2v) is 5.36. The number of aromatic amines is 1. The lowest BCUT2D eigenvalue weighted by molar-refractivity contribution is 0.0660. The molecule has 2 heterocycles. The highest BCUT2D eigenvalue weighted by Crippen LogP contribution is 2.30. The second-order valence-electron chi connectivity index (χ2n) is 5.36. The van der Waals surface area contributed by atoms with Crippen LogP contribution in [0, 0.1) is 23.7 Å². The molecule has 1 aliphatic heterocycles. The van der Waals surface area contributed by atoms with Gasteiger partial charge < -0.3 is 9.88 Å². The molecule has 1 fully saturated rings. The van der Waals surface area contributed by atoms with Gasteiger partial charge in [0.25, 0.3) is 5.91 Å². The van der Waals surface area contributed by atoms with E-state index in [1.165, 1.54) is 12.3 Å². The Kier molecular flexibility index (Phi) is 3.43. The number of aromatic nitrogens is 1. The number of aryl methyl sites for hydroxylation is 1. The molecule has 1 aromatic heterocycles. The zero-order valence-electron chi connectivity index (χ0n) is 11.2. The second kappa shape index (κ2) is 4.88. The molecule has 1 saturated heterocycles. The van der Waals surface area contributed by atoms with E-state index in [1.54, 1.807) is 11.8 Å². The first-order chi connectivity index (χ1) is 8.95. The first-order valence-corrected chi connectivity index (χ1v) is 6.35. The SMILES string of the molecule is Cc1cc(=O)c(C(=O)N2CCC(C)(C#N)CC2)c[nH]1. The molecule has 2 rings (SSSR count). The molecular formula is C14H17N3O2. The van der Waals surface area contributed by atoms with Crippen LogP contribution >= 0.6 is 0 Å². The highest BCUT2D eigenvalue weighted by atomic mass is 16.2. The number of hydrogen-bond donors (Lipinski definition) is 1. The van der Waals surface area contributed by atoms with Crippen LogP contribution in [0.1, 0.15) is 35.8 Å². The van der Waals surface area contributed by atoms with Crippen LogP contribution in [0.25, 0.3) is 0 Å². The van der Waals surface area contributed by atoms with Gasteiger partial charge in [0.05, 0.1) is 11.5 Å². The minimum absolute atomic E-state index is 0.172. The number of hydrogen-bond acceptors (Lipinski definition) is 3. The number of nitriles is 1. The molecule has 0 aliphatic carbocycles. The molecule has 0 saturated carbocycles. The fourth-order valence-corrected chi connectivity index (χ4v) is 2.23. The maximum atomic E-state index is 12.3. The van der Waals surface area contributed by atoms with Crippen LogP contribution < -0.4 is 5.43 Å². The van der Waals surface area contributed by atoms with Gasteiger partial charge in [0.1, 0.15) is 5.56 Å². The summed E-state index contributed by atoms with van der Waals surface area (Å²) in [6.45, 7) is 4.73. The van der Waals surface area contributed by atoms with E-state index in [0.717, 1.165) is 5.69 Å². The minimum atomic E-state index is -0.351. The first kappa shape index (κ1) is 13.3. The highest BCUT2D eigenvalue weighted by Gasteiger charge is 2.32. The number of carbonyl (C=O) groups is 1. The lowest BCUT2D eigenvalue weighted by atomic mass is 9.82. The van der Waals surface area contributed by atoms with Gasteiger partial charge in [-0.05, 0) is 26.7 Å². The van der Waals surface area contributed by atoms with E-state index in [1.807, 2.05) is 6.92 Å². The average molecular weight is 259 g/mol. The molecule has 0 radical (unpaired) electrons. The summed E-state index contributed by atoms with van der Waals surface area (Å²) in [7, 11) is 0. The van der Waals surface area contributed by atoms with Gasteiger partial charge in [-0.2, -0.15) is 5.26 Å². The predicted octanol–water partition coefficient (Wildman–Crippen LogP) is 1.45. The Balaban J connectivity index is 2.14. The van der Waals surface area contributed by atoms with E-state index < -0.39 is 0 Å². The Bertz CT molecular complexity index is 589. The Morgan fingerprint density at radius 1 is 1.47 bits per heavy atom. The summed E-state index contributed by atoms with van der Waals surface area (Å²) < 4.78 is 0. The Morgan fingerprint density at radius 3 is 2.63 bits per heavy atom. The number of pyridine rings is 1. The Hall–Kier alpha value is -2.09. The normalized spacial score (nSPS) is 17.8. The molecule has 1 N–H and O–H groups in total.